The quantitative estimate of drug-likeness (QED) is 0.822. The van der Waals surface area contributed by atoms with Crippen molar-refractivity contribution in [1.29, 1.82) is 0 Å². The van der Waals surface area contributed by atoms with E-state index in [0.717, 1.165) is 6.42 Å². The van der Waals surface area contributed by atoms with Crippen molar-refractivity contribution in [1.82, 2.24) is 9.97 Å². The van der Waals surface area contributed by atoms with Gasteiger partial charge >= 0.3 is 0 Å². The number of H-pyrrole nitrogens is 1. The van der Waals surface area contributed by atoms with Gasteiger partial charge in [0, 0.05) is 12.2 Å². The maximum atomic E-state index is 13.7. The number of hydrogen-bond acceptors (Lipinski definition) is 4. The molecule has 1 aromatic carbocycles. The predicted octanol–water partition coefficient (Wildman–Crippen LogP) is 2.21. The Bertz CT molecular complexity index is 655. The lowest BCUT2D eigenvalue weighted by molar-refractivity contribution is 0.115. The van der Waals surface area contributed by atoms with Gasteiger partial charge in [-0.3, -0.25) is 4.79 Å². The maximum absolute atomic E-state index is 13.7. The second-order valence-electron chi connectivity index (χ2n) is 4.24. The first kappa shape index (κ1) is 14.2. The Morgan fingerprint density at radius 2 is 2.15 bits per heavy atom. The Kier molecular flexibility index (Phi) is 4.47. The molecule has 1 aromatic heterocycles. The van der Waals surface area contributed by atoms with Gasteiger partial charge in [-0.05, 0) is 12.5 Å². The van der Waals surface area contributed by atoms with E-state index in [2.05, 4.69) is 9.97 Å². The standard InChI is InChI=1S/C14H15FN2O3/c1-2-7-20-8-11-16-13(18)12(14(19)17-11)9-5-3-4-6-10(9)15/h3-6H,2,7-8H2,1H3,(H2,16,17,18,19). The van der Waals surface area contributed by atoms with Gasteiger partial charge in [0.1, 0.15) is 23.8 Å². The summed E-state index contributed by atoms with van der Waals surface area (Å²) in [7, 11) is 0. The molecule has 0 aliphatic heterocycles. The average molecular weight is 278 g/mol. The summed E-state index contributed by atoms with van der Waals surface area (Å²) in [6, 6.07) is 5.71. The Morgan fingerprint density at radius 1 is 1.40 bits per heavy atom. The summed E-state index contributed by atoms with van der Waals surface area (Å²) in [6.07, 6.45) is 0.837. The zero-order valence-corrected chi connectivity index (χ0v) is 11.0. The highest BCUT2D eigenvalue weighted by Crippen LogP contribution is 2.25. The van der Waals surface area contributed by atoms with Crippen LogP contribution in [-0.4, -0.2) is 21.7 Å². The molecule has 2 N–H and O–H groups in total. The van der Waals surface area contributed by atoms with Gasteiger partial charge in [0.25, 0.3) is 5.56 Å². The van der Waals surface area contributed by atoms with Crippen LogP contribution in [0.2, 0.25) is 0 Å². The number of nitrogens with one attached hydrogen (secondary N) is 1. The van der Waals surface area contributed by atoms with Crippen LogP contribution in [0.4, 0.5) is 4.39 Å². The largest absolute Gasteiger partial charge is 0.493 e. The molecule has 1 heterocycles. The van der Waals surface area contributed by atoms with Gasteiger partial charge in [-0.2, -0.15) is 4.98 Å². The van der Waals surface area contributed by atoms with Crippen molar-refractivity contribution in [2.75, 3.05) is 6.61 Å². The molecule has 0 spiro atoms. The minimum absolute atomic E-state index is 0.0137. The van der Waals surface area contributed by atoms with E-state index in [0.29, 0.717) is 6.61 Å². The van der Waals surface area contributed by atoms with E-state index in [1.807, 2.05) is 6.92 Å². The molecule has 0 aliphatic carbocycles. The molecule has 0 fully saturated rings. The molecule has 20 heavy (non-hydrogen) atoms. The van der Waals surface area contributed by atoms with E-state index < -0.39 is 17.3 Å². The lowest BCUT2D eigenvalue weighted by atomic mass is 10.1. The molecular weight excluding hydrogens is 263 g/mol. The average Bonchev–Trinajstić information content (AvgIpc) is 2.40. The first-order valence-electron chi connectivity index (χ1n) is 6.28. The number of halogens is 1. The summed E-state index contributed by atoms with van der Waals surface area (Å²) in [6.45, 7) is 2.57. The molecule has 0 radical (unpaired) electrons. The van der Waals surface area contributed by atoms with Gasteiger partial charge < -0.3 is 14.8 Å². The topological polar surface area (TPSA) is 75.2 Å². The van der Waals surface area contributed by atoms with E-state index >= 15 is 0 Å². The van der Waals surface area contributed by atoms with Crippen molar-refractivity contribution < 1.29 is 14.2 Å². The summed E-state index contributed by atoms with van der Waals surface area (Å²) in [5.74, 6) is -0.889. The maximum Gasteiger partial charge on any atom is 0.262 e. The second-order valence-corrected chi connectivity index (χ2v) is 4.24. The van der Waals surface area contributed by atoms with Crippen LogP contribution in [0.15, 0.2) is 29.1 Å². The van der Waals surface area contributed by atoms with Crippen molar-refractivity contribution >= 4 is 0 Å². The Balaban J connectivity index is 2.37. The normalized spacial score (nSPS) is 10.7. The van der Waals surface area contributed by atoms with E-state index in [9.17, 15) is 14.3 Å². The summed E-state index contributed by atoms with van der Waals surface area (Å²) in [4.78, 5) is 18.3. The van der Waals surface area contributed by atoms with Gasteiger partial charge in [-0.15, -0.1) is 0 Å². The van der Waals surface area contributed by atoms with E-state index in [4.69, 9.17) is 4.74 Å². The molecule has 0 amide bonds. The molecule has 2 aromatic rings. The molecule has 5 nitrogen and oxygen atoms in total. The summed E-state index contributed by atoms with van der Waals surface area (Å²) in [5.41, 5.74) is -0.764. The third-order valence-corrected chi connectivity index (χ3v) is 2.68. The van der Waals surface area contributed by atoms with Crippen LogP contribution in [0.25, 0.3) is 11.1 Å². The number of aromatic nitrogens is 2. The van der Waals surface area contributed by atoms with Crippen molar-refractivity contribution in [3.8, 4) is 17.0 Å². The van der Waals surface area contributed by atoms with E-state index in [1.165, 1.54) is 18.2 Å². The molecule has 0 saturated heterocycles. The zero-order valence-electron chi connectivity index (χ0n) is 11.0. The lowest BCUT2D eigenvalue weighted by Crippen LogP contribution is -2.15. The second kappa shape index (κ2) is 6.29. The smallest absolute Gasteiger partial charge is 0.262 e. The number of rotatable bonds is 5. The number of benzene rings is 1. The summed E-state index contributed by atoms with van der Waals surface area (Å²) in [5, 5.41) is 9.85. The van der Waals surface area contributed by atoms with Crippen LogP contribution in [0, 0.1) is 5.82 Å². The fourth-order valence-electron chi connectivity index (χ4n) is 1.80. The van der Waals surface area contributed by atoms with Gasteiger partial charge in [-0.25, -0.2) is 4.39 Å². The molecule has 0 saturated carbocycles. The number of aromatic hydroxyl groups is 1. The van der Waals surface area contributed by atoms with Crippen LogP contribution in [0.5, 0.6) is 5.88 Å². The highest BCUT2D eigenvalue weighted by atomic mass is 19.1. The van der Waals surface area contributed by atoms with Crippen LogP contribution >= 0.6 is 0 Å². The number of hydrogen-bond donors (Lipinski definition) is 2. The Morgan fingerprint density at radius 3 is 2.80 bits per heavy atom. The monoisotopic (exact) mass is 278 g/mol. The zero-order chi connectivity index (χ0) is 14.5. The third kappa shape index (κ3) is 3.03. The van der Waals surface area contributed by atoms with Crippen LogP contribution in [-0.2, 0) is 11.3 Å². The van der Waals surface area contributed by atoms with Gasteiger partial charge in [0.15, 0.2) is 0 Å². The summed E-state index contributed by atoms with van der Waals surface area (Å²) < 4.78 is 18.9. The minimum atomic E-state index is -0.599. The molecule has 0 unspecified atom stereocenters. The SMILES string of the molecule is CCCOCc1nc(O)c(-c2ccccc2F)c(=O)[nH]1. The van der Waals surface area contributed by atoms with Crippen molar-refractivity contribution in [3.63, 3.8) is 0 Å². The first-order chi connectivity index (χ1) is 9.63. The molecule has 0 bridgehead atoms. The fourth-order valence-corrected chi connectivity index (χ4v) is 1.80. The van der Waals surface area contributed by atoms with E-state index in [1.54, 1.807) is 6.07 Å². The molecule has 2 rings (SSSR count). The molecule has 0 aliphatic rings. The van der Waals surface area contributed by atoms with Crippen LogP contribution < -0.4 is 5.56 Å². The van der Waals surface area contributed by atoms with Crippen LogP contribution in [0.1, 0.15) is 19.2 Å². The molecule has 0 atom stereocenters. The van der Waals surface area contributed by atoms with E-state index in [-0.39, 0.29) is 23.6 Å². The minimum Gasteiger partial charge on any atom is -0.493 e. The van der Waals surface area contributed by atoms with Crippen molar-refractivity contribution in [2.24, 2.45) is 0 Å². The fraction of sp³-hybridized carbons (Fsp3) is 0.286. The van der Waals surface area contributed by atoms with Gasteiger partial charge in [-0.1, -0.05) is 25.1 Å². The molecular formula is C14H15FN2O3. The highest BCUT2D eigenvalue weighted by molar-refractivity contribution is 5.67. The number of ether oxygens (including phenoxy) is 1. The third-order valence-electron chi connectivity index (χ3n) is 2.68. The Labute approximate surface area is 115 Å². The van der Waals surface area contributed by atoms with Crippen molar-refractivity contribution in [3.05, 3.63) is 46.3 Å². The highest BCUT2D eigenvalue weighted by Gasteiger charge is 2.16. The van der Waals surface area contributed by atoms with Crippen LogP contribution in [0.3, 0.4) is 0 Å². The lowest BCUT2D eigenvalue weighted by Gasteiger charge is -2.07. The molecule has 6 heteroatoms. The number of nitrogens with zero attached hydrogens (tertiary/aromatic N) is 1. The van der Waals surface area contributed by atoms with Gasteiger partial charge in [0.05, 0.1) is 0 Å². The number of aromatic amines is 1. The first-order valence-corrected chi connectivity index (χ1v) is 6.28. The van der Waals surface area contributed by atoms with Gasteiger partial charge in [0.2, 0.25) is 5.88 Å². The molecule has 106 valence electrons. The summed E-state index contributed by atoms with van der Waals surface area (Å²) >= 11 is 0. The van der Waals surface area contributed by atoms with Crippen molar-refractivity contribution in [2.45, 2.75) is 20.0 Å². The Hall–Kier alpha value is -2.21. The predicted molar refractivity (Wildman–Crippen MR) is 71.9 cm³/mol.